The van der Waals surface area contributed by atoms with Crippen LogP contribution in [-0.4, -0.2) is 24.3 Å². The second-order valence-electron chi connectivity index (χ2n) is 3.79. The fraction of sp³-hybridized carbons (Fsp3) is 0.214. The van der Waals surface area contributed by atoms with E-state index in [1.165, 1.54) is 19.1 Å². The van der Waals surface area contributed by atoms with Crippen LogP contribution in [0.1, 0.15) is 24.2 Å². The van der Waals surface area contributed by atoms with Gasteiger partial charge in [-0.1, -0.05) is 6.08 Å². The number of hydrogen-bond donors (Lipinski definition) is 1. The van der Waals surface area contributed by atoms with Crippen molar-refractivity contribution in [2.75, 3.05) is 11.9 Å². The smallest absolute Gasteiger partial charge is 0.330 e. The summed E-state index contributed by atoms with van der Waals surface area (Å²) in [5, 5.41) is 2.55. The minimum absolute atomic E-state index is 0.0434. The summed E-state index contributed by atoms with van der Waals surface area (Å²) in [5.41, 5.74) is 1.11. The molecule has 100 valence electrons. The first-order chi connectivity index (χ1) is 9.02. The van der Waals surface area contributed by atoms with Crippen LogP contribution in [0.3, 0.4) is 0 Å². The fourth-order valence-corrected chi connectivity index (χ4v) is 1.31. The third-order valence-corrected chi connectivity index (χ3v) is 2.22. The quantitative estimate of drug-likeness (QED) is 0.499. The molecule has 0 bridgehead atoms. The highest BCUT2D eigenvalue weighted by Gasteiger charge is 2.06. The molecule has 0 aliphatic rings. The van der Waals surface area contributed by atoms with Crippen LogP contribution in [0.4, 0.5) is 5.69 Å². The van der Waals surface area contributed by atoms with Crippen molar-refractivity contribution in [1.29, 1.82) is 0 Å². The molecule has 0 saturated heterocycles. The van der Waals surface area contributed by atoms with Gasteiger partial charge < -0.3 is 10.1 Å². The summed E-state index contributed by atoms with van der Waals surface area (Å²) in [5.74, 6) is -1.05. The molecule has 1 aromatic rings. The highest BCUT2D eigenvalue weighted by Crippen LogP contribution is 2.09. The van der Waals surface area contributed by atoms with Gasteiger partial charge in [-0.3, -0.25) is 9.59 Å². The Balaban J connectivity index is 2.48. The molecule has 0 aromatic heterocycles. The average molecular weight is 261 g/mol. The number of ether oxygens (including phenoxy) is 1. The van der Waals surface area contributed by atoms with E-state index in [4.69, 9.17) is 0 Å². The van der Waals surface area contributed by atoms with Crippen LogP contribution in [0.5, 0.6) is 0 Å². The Morgan fingerprint density at radius 2 is 1.84 bits per heavy atom. The number of amides is 1. The maximum absolute atomic E-state index is 11.5. The van der Waals surface area contributed by atoms with Crippen molar-refractivity contribution in [3.8, 4) is 0 Å². The van der Waals surface area contributed by atoms with Gasteiger partial charge in [0.1, 0.15) is 0 Å². The number of anilines is 1. The van der Waals surface area contributed by atoms with Gasteiger partial charge in [-0.25, -0.2) is 4.79 Å². The second-order valence-corrected chi connectivity index (χ2v) is 3.79. The number of allylic oxidation sites excluding steroid dienone is 1. The third kappa shape index (κ3) is 5.16. The number of benzene rings is 1. The first-order valence-electron chi connectivity index (χ1n) is 5.73. The molecule has 0 aliphatic heterocycles. The molecule has 1 rings (SSSR count). The largest absolute Gasteiger partial charge is 0.452 e. The molecule has 0 radical (unpaired) electrons. The van der Waals surface area contributed by atoms with E-state index in [0.717, 1.165) is 0 Å². The zero-order chi connectivity index (χ0) is 14.3. The monoisotopic (exact) mass is 261 g/mol. The van der Waals surface area contributed by atoms with Crippen molar-refractivity contribution >= 4 is 23.3 Å². The lowest BCUT2D eigenvalue weighted by Gasteiger charge is -2.05. The van der Waals surface area contributed by atoms with Crippen LogP contribution in [0, 0.1) is 0 Å². The molecular weight excluding hydrogens is 246 g/mol. The molecule has 0 spiro atoms. The lowest BCUT2D eigenvalue weighted by Crippen LogP contribution is -2.20. The molecule has 0 saturated carbocycles. The molecule has 0 aliphatic carbocycles. The summed E-state index contributed by atoms with van der Waals surface area (Å²) < 4.78 is 4.69. The van der Waals surface area contributed by atoms with Crippen molar-refractivity contribution in [3.63, 3.8) is 0 Å². The number of esters is 1. The van der Waals surface area contributed by atoms with Crippen LogP contribution in [0.25, 0.3) is 0 Å². The van der Waals surface area contributed by atoms with E-state index in [9.17, 15) is 14.4 Å². The number of rotatable bonds is 5. The maximum Gasteiger partial charge on any atom is 0.330 e. The van der Waals surface area contributed by atoms with Crippen molar-refractivity contribution in [2.24, 2.45) is 0 Å². The molecular formula is C14H15NO4. The Kier molecular flexibility index (Phi) is 5.47. The Labute approximate surface area is 111 Å². The Bertz CT molecular complexity index is 503. The van der Waals surface area contributed by atoms with Gasteiger partial charge in [0, 0.05) is 17.3 Å². The highest BCUT2D eigenvalue weighted by atomic mass is 16.5. The van der Waals surface area contributed by atoms with Gasteiger partial charge in [0.15, 0.2) is 12.4 Å². The van der Waals surface area contributed by atoms with E-state index in [1.54, 1.807) is 31.2 Å². The molecule has 0 unspecified atom stereocenters. The summed E-state index contributed by atoms with van der Waals surface area (Å²) in [6, 6.07) is 6.46. The molecule has 1 aromatic carbocycles. The Morgan fingerprint density at radius 3 is 2.37 bits per heavy atom. The number of carbonyl (C=O) groups is 3. The van der Waals surface area contributed by atoms with Gasteiger partial charge in [-0.2, -0.15) is 0 Å². The van der Waals surface area contributed by atoms with Crippen LogP contribution in [0.15, 0.2) is 36.4 Å². The fourth-order valence-electron chi connectivity index (χ4n) is 1.31. The molecule has 1 N–H and O–H groups in total. The average Bonchev–Trinajstić information content (AvgIpc) is 2.37. The number of Topliss-reactive ketones (excluding diaryl/α,β-unsaturated/α-hetero) is 1. The molecule has 1 amide bonds. The van der Waals surface area contributed by atoms with Gasteiger partial charge in [-0.05, 0) is 38.1 Å². The van der Waals surface area contributed by atoms with E-state index < -0.39 is 11.9 Å². The lowest BCUT2D eigenvalue weighted by molar-refractivity contribution is -0.142. The van der Waals surface area contributed by atoms with E-state index in [0.29, 0.717) is 11.3 Å². The number of hydrogen-bond acceptors (Lipinski definition) is 4. The predicted octanol–water partition coefficient (Wildman–Crippen LogP) is 1.95. The van der Waals surface area contributed by atoms with Crippen molar-refractivity contribution in [1.82, 2.24) is 0 Å². The summed E-state index contributed by atoms with van der Waals surface area (Å²) in [6.45, 7) is 2.80. The number of carbonyl (C=O) groups excluding carboxylic acids is 3. The second kappa shape index (κ2) is 7.10. The van der Waals surface area contributed by atoms with Crippen LogP contribution in [-0.2, 0) is 14.3 Å². The van der Waals surface area contributed by atoms with Gasteiger partial charge in [0.25, 0.3) is 5.91 Å². The van der Waals surface area contributed by atoms with Gasteiger partial charge in [0.2, 0.25) is 0 Å². The number of ketones is 1. The van der Waals surface area contributed by atoms with Crippen LogP contribution < -0.4 is 5.32 Å². The van der Waals surface area contributed by atoms with Crippen molar-refractivity contribution in [2.45, 2.75) is 13.8 Å². The number of nitrogens with one attached hydrogen (secondary N) is 1. The molecule has 5 heteroatoms. The Morgan fingerprint density at radius 1 is 1.21 bits per heavy atom. The topological polar surface area (TPSA) is 72.5 Å². The molecule has 0 atom stereocenters. The van der Waals surface area contributed by atoms with E-state index in [1.807, 2.05) is 0 Å². The summed E-state index contributed by atoms with van der Waals surface area (Å²) in [6.07, 6.45) is 2.76. The third-order valence-electron chi connectivity index (χ3n) is 2.22. The van der Waals surface area contributed by atoms with Gasteiger partial charge >= 0.3 is 5.97 Å². The first-order valence-corrected chi connectivity index (χ1v) is 5.73. The Hall–Kier alpha value is -2.43. The minimum atomic E-state index is -0.565. The molecule has 0 heterocycles. The summed E-state index contributed by atoms with van der Waals surface area (Å²) in [7, 11) is 0. The predicted molar refractivity (Wildman–Crippen MR) is 70.8 cm³/mol. The molecule has 0 fully saturated rings. The van der Waals surface area contributed by atoms with E-state index in [2.05, 4.69) is 10.1 Å². The first kappa shape index (κ1) is 14.6. The zero-order valence-corrected chi connectivity index (χ0v) is 10.8. The van der Waals surface area contributed by atoms with Crippen molar-refractivity contribution < 1.29 is 19.1 Å². The molecule has 19 heavy (non-hydrogen) atoms. The SMILES string of the molecule is CC=CC(=O)OCC(=O)Nc1ccc(C(C)=O)cc1. The summed E-state index contributed by atoms with van der Waals surface area (Å²) in [4.78, 5) is 33.5. The summed E-state index contributed by atoms with van der Waals surface area (Å²) >= 11 is 0. The van der Waals surface area contributed by atoms with Gasteiger partial charge in [0.05, 0.1) is 0 Å². The van der Waals surface area contributed by atoms with Crippen LogP contribution >= 0.6 is 0 Å². The normalized spacial score (nSPS) is 10.2. The van der Waals surface area contributed by atoms with Gasteiger partial charge in [-0.15, -0.1) is 0 Å². The lowest BCUT2D eigenvalue weighted by atomic mass is 10.1. The maximum atomic E-state index is 11.5. The zero-order valence-electron chi connectivity index (χ0n) is 10.8. The van der Waals surface area contributed by atoms with E-state index in [-0.39, 0.29) is 12.4 Å². The standard InChI is InChI=1S/C14H15NO4/c1-3-4-14(18)19-9-13(17)15-12-7-5-11(6-8-12)10(2)16/h3-8H,9H2,1-2H3,(H,15,17). The van der Waals surface area contributed by atoms with Crippen LogP contribution in [0.2, 0.25) is 0 Å². The molecule has 5 nitrogen and oxygen atoms in total. The van der Waals surface area contributed by atoms with Crippen molar-refractivity contribution in [3.05, 3.63) is 42.0 Å². The minimum Gasteiger partial charge on any atom is -0.452 e. The highest BCUT2D eigenvalue weighted by molar-refractivity contribution is 5.96. The van der Waals surface area contributed by atoms with E-state index >= 15 is 0 Å².